The molecule has 1 aliphatic rings. The smallest absolute Gasteiger partial charge is 0.227 e. The lowest BCUT2D eigenvalue weighted by Crippen LogP contribution is -2.40. The minimum absolute atomic E-state index is 0.00446. The predicted octanol–water partition coefficient (Wildman–Crippen LogP) is 2.39. The number of carbonyl (C=O) groups excluding carboxylic acids is 1. The van der Waals surface area contributed by atoms with E-state index in [4.69, 9.17) is 9.47 Å². The highest BCUT2D eigenvalue weighted by Crippen LogP contribution is 2.32. The van der Waals surface area contributed by atoms with Crippen molar-refractivity contribution < 1.29 is 14.3 Å². The highest BCUT2D eigenvalue weighted by atomic mass is 16.5. The van der Waals surface area contributed by atoms with E-state index >= 15 is 0 Å². The first-order valence-electron chi connectivity index (χ1n) is 9.19. The van der Waals surface area contributed by atoms with Gasteiger partial charge in [0.15, 0.2) is 17.5 Å². The molecule has 0 saturated heterocycles. The molecule has 1 aliphatic heterocycles. The number of anilines is 1. The molecule has 0 radical (unpaired) electrons. The minimum Gasteiger partial charge on any atom is -0.490 e. The fourth-order valence-corrected chi connectivity index (χ4v) is 2.43. The zero-order chi connectivity index (χ0) is 19.0. The molecule has 0 saturated carbocycles. The van der Waals surface area contributed by atoms with Crippen molar-refractivity contribution >= 4 is 17.6 Å². The van der Waals surface area contributed by atoms with Gasteiger partial charge in [0.2, 0.25) is 5.91 Å². The molecular formula is C19H30N4O3. The van der Waals surface area contributed by atoms with Gasteiger partial charge in [-0.15, -0.1) is 0 Å². The predicted molar refractivity (Wildman–Crippen MR) is 104 cm³/mol. The third-order valence-electron chi connectivity index (χ3n) is 3.94. The maximum atomic E-state index is 12.1. The molecule has 1 aromatic rings. The number of rotatable bonds is 6. The van der Waals surface area contributed by atoms with Crippen LogP contribution in [0.5, 0.6) is 11.5 Å². The number of benzene rings is 1. The second-order valence-corrected chi connectivity index (χ2v) is 6.78. The summed E-state index contributed by atoms with van der Waals surface area (Å²) < 4.78 is 11.4. The van der Waals surface area contributed by atoms with Crippen LogP contribution in [0, 0.1) is 5.41 Å². The third kappa shape index (κ3) is 5.54. The minimum atomic E-state index is -0.580. The van der Waals surface area contributed by atoms with E-state index in [9.17, 15) is 4.79 Å². The largest absolute Gasteiger partial charge is 0.490 e. The molecule has 0 unspecified atom stereocenters. The molecule has 26 heavy (non-hydrogen) atoms. The lowest BCUT2D eigenvalue weighted by Gasteiger charge is -2.22. The number of aliphatic imine (C=N–C) groups is 1. The molecule has 1 heterocycles. The lowest BCUT2D eigenvalue weighted by molar-refractivity contribution is -0.128. The Bertz CT molecular complexity index is 644. The number of nitrogens with one attached hydrogen (secondary N) is 3. The van der Waals surface area contributed by atoms with Gasteiger partial charge in [0.05, 0.1) is 25.2 Å². The zero-order valence-electron chi connectivity index (χ0n) is 16.1. The van der Waals surface area contributed by atoms with Gasteiger partial charge in [-0.05, 0) is 39.8 Å². The van der Waals surface area contributed by atoms with Gasteiger partial charge in [-0.1, -0.05) is 0 Å². The van der Waals surface area contributed by atoms with Gasteiger partial charge in [-0.3, -0.25) is 9.79 Å². The first-order valence-corrected chi connectivity index (χ1v) is 9.19. The van der Waals surface area contributed by atoms with E-state index in [2.05, 4.69) is 20.9 Å². The third-order valence-corrected chi connectivity index (χ3v) is 3.94. The summed E-state index contributed by atoms with van der Waals surface area (Å²) in [6, 6.07) is 5.73. The van der Waals surface area contributed by atoms with Crippen molar-refractivity contribution in [1.82, 2.24) is 10.6 Å². The molecule has 1 aromatic carbocycles. The topological polar surface area (TPSA) is 84.0 Å². The standard InChI is InChI=1S/C19H30N4O3/c1-5-20-17(24)19(3,4)13-22-18(21-6-2)23-14-8-9-15-16(12-14)26-11-7-10-25-15/h8-9,12H,5-7,10-11,13H2,1-4H3,(H,20,24)(H2,21,22,23). The normalized spacial score (nSPS) is 14.4. The molecule has 0 aliphatic carbocycles. The van der Waals surface area contributed by atoms with Gasteiger partial charge in [0.1, 0.15) is 0 Å². The van der Waals surface area contributed by atoms with Crippen molar-refractivity contribution in [1.29, 1.82) is 0 Å². The molecule has 3 N–H and O–H groups in total. The molecule has 1 amide bonds. The van der Waals surface area contributed by atoms with Crippen molar-refractivity contribution in [2.24, 2.45) is 10.4 Å². The fourth-order valence-electron chi connectivity index (χ4n) is 2.43. The van der Waals surface area contributed by atoms with E-state index in [-0.39, 0.29) is 5.91 Å². The van der Waals surface area contributed by atoms with Crippen LogP contribution in [0.1, 0.15) is 34.1 Å². The van der Waals surface area contributed by atoms with E-state index in [1.54, 1.807) is 0 Å². The summed E-state index contributed by atoms with van der Waals surface area (Å²) >= 11 is 0. The Morgan fingerprint density at radius 2 is 1.81 bits per heavy atom. The summed E-state index contributed by atoms with van der Waals surface area (Å²) in [5.41, 5.74) is 0.271. The number of ether oxygens (including phenoxy) is 2. The molecule has 7 heteroatoms. The van der Waals surface area contributed by atoms with Gasteiger partial charge < -0.3 is 25.4 Å². The quantitative estimate of drug-likeness (QED) is 0.535. The lowest BCUT2D eigenvalue weighted by atomic mass is 9.92. The van der Waals surface area contributed by atoms with Crippen LogP contribution in [0.4, 0.5) is 5.69 Å². The van der Waals surface area contributed by atoms with Gasteiger partial charge in [0, 0.05) is 31.3 Å². The number of guanidine groups is 1. The second-order valence-electron chi connectivity index (χ2n) is 6.78. The van der Waals surface area contributed by atoms with Crippen LogP contribution in [-0.2, 0) is 4.79 Å². The number of nitrogens with zero attached hydrogens (tertiary/aromatic N) is 1. The molecule has 0 spiro atoms. The van der Waals surface area contributed by atoms with Crippen LogP contribution in [0.2, 0.25) is 0 Å². The van der Waals surface area contributed by atoms with Crippen molar-refractivity contribution in [2.45, 2.75) is 34.1 Å². The Morgan fingerprint density at radius 1 is 1.12 bits per heavy atom. The van der Waals surface area contributed by atoms with E-state index in [0.29, 0.717) is 32.3 Å². The molecule has 0 aromatic heterocycles. The molecule has 0 bridgehead atoms. The fraction of sp³-hybridized carbons (Fsp3) is 0.579. The highest BCUT2D eigenvalue weighted by Gasteiger charge is 2.26. The van der Waals surface area contributed by atoms with Crippen LogP contribution in [-0.4, -0.2) is 44.7 Å². The van der Waals surface area contributed by atoms with E-state index in [1.165, 1.54) is 0 Å². The van der Waals surface area contributed by atoms with Crippen LogP contribution < -0.4 is 25.4 Å². The number of fused-ring (bicyclic) bond motifs is 1. The Hall–Kier alpha value is -2.44. The molecule has 0 fully saturated rings. The monoisotopic (exact) mass is 362 g/mol. The van der Waals surface area contributed by atoms with E-state index < -0.39 is 5.41 Å². The van der Waals surface area contributed by atoms with Crippen LogP contribution in [0.15, 0.2) is 23.2 Å². The van der Waals surface area contributed by atoms with Gasteiger partial charge >= 0.3 is 0 Å². The zero-order valence-corrected chi connectivity index (χ0v) is 16.1. The molecule has 2 rings (SSSR count). The Kier molecular flexibility index (Phi) is 7.12. The highest BCUT2D eigenvalue weighted by molar-refractivity contribution is 5.94. The molecule has 7 nitrogen and oxygen atoms in total. The average molecular weight is 362 g/mol. The number of carbonyl (C=O) groups is 1. The van der Waals surface area contributed by atoms with Crippen LogP contribution >= 0.6 is 0 Å². The van der Waals surface area contributed by atoms with Crippen molar-refractivity contribution in [2.75, 3.05) is 38.2 Å². The Morgan fingerprint density at radius 3 is 2.50 bits per heavy atom. The van der Waals surface area contributed by atoms with Gasteiger partial charge in [-0.25, -0.2) is 0 Å². The molecule has 144 valence electrons. The summed E-state index contributed by atoms with van der Waals surface area (Å²) in [5.74, 6) is 2.10. The van der Waals surface area contributed by atoms with Crippen LogP contribution in [0.3, 0.4) is 0 Å². The summed E-state index contributed by atoms with van der Waals surface area (Å²) in [4.78, 5) is 16.7. The maximum absolute atomic E-state index is 12.1. The Labute approximate surface area is 155 Å². The van der Waals surface area contributed by atoms with Gasteiger partial charge in [0.25, 0.3) is 0 Å². The van der Waals surface area contributed by atoms with Crippen molar-refractivity contribution in [3.8, 4) is 11.5 Å². The van der Waals surface area contributed by atoms with Crippen molar-refractivity contribution in [3.63, 3.8) is 0 Å². The second kappa shape index (κ2) is 9.31. The number of amides is 1. The SMILES string of the molecule is CCNC(=O)C(C)(C)CN=C(NCC)Nc1ccc2c(c1)OCCCO2. The molecular weight excluding hydrogens is 332 g/mol. The summed E-state index contributed by atoms with van der Waals surface area (Å²) in [5, 5.41) is 9.32. The first kappa shape index (κ1) is 19.9. The van der Waals surface area contributed by atoms with E-state index in [1.807, 2.05) is 45.9 Å². The number of hydrogen-bond donors (Lipinski definition) is 3. The Balaban J connectivity index is 2.10. The first-order chi connectivity index (χ1) is 12.5. The molecule has 0 atom stereocenters. The summed E-state index contributed by atoms with van der Waals surface area (Å²) in [7, 11) is 0. The average Bonchev–Trinajstić information content (AvgIpc) is 2.85. The maximum Gasteiger partial charge on any atom is 0.227 e. The summed E-state index contributed by atoms with van der Waals surface area (Å²) in [6.45, 7) is 10.7. The summed E-state index contributed by atoms with van der Waals surface area (Å²) in [6.07, 6.45) is 0.871. The van der Waals surface area contributed by atoms with Crippen molar-refractivity contribution in [3.05, 3.63) is 18.2 Å². The van der Waals surface area contributed by atoms with Gasteiger partial charge in [-0.2, -0.15) is 0 Å². The van der Waals surface area contributed by atoms with E-state index in [0.717, 1.165) is 30.2 Å². The number of hydrogen-bond acceptors (Lipinski definition) is 4. The van der Waals surface area contributed by atoms with Crippen LogP contribution in [0.25, 0.3) is 0 Å².